The fourth-order valence-corrected chi connectivity index (χ4v) is 2.96. The summed E-state index contributed by atoms with van der Waals surface area (Å²) in [4.78, 5) is 11.7. The molecule has 2 rings (SSSR count). The summed E-state index contributed by atoms with van der Waals surface area (Å²) in [6.07, 6.45) is 1.59. The van der Waals surface area contributed by atoms with Crippen LogP contribution >= 0.6 is 10.6 Å². The Morgan fingerprint density at radius 3 is 2.80 bits per heavy atom. The van der Waals surface area contributed by atoms with Gasteiger partial charge in [0.2, 0.25) is 0 Å². The van der Waals surface area contributed by atoms with Gasteiger partial charge >= 0.3 is 5.97 Å². The Morgan fingerprint density at radius 1 is 1.40 bits per heavy atom. The Hall–Kier alpha value is -1.30. The number of carbonyl (C=O) groups is 1. The largest absolute Gasteiger partial charge is 0.465 e. The first kappa shape index (κ1) is 10.2. The lowest BCUT2D eigenvalue weighted by Gasteiger charge is -2.26. The number of hydrogen-bond acceptors (Lipinski definition) is 4. The van der Waals surface area contributed by atoms with Crippen molar-refractivity contribution in [3.63, 3.8) is 0 Å². The molecule has 15 heavy (non-hydrogen) atoms. The molecule has 1 aliphatic rings. The van der Waals surface area contributed by atoms with E-state index in [4.69, 9.17) is 0 Å². The molecule has 0 bridgehead atoms. The van der Waals surface area contributed by atoms with Crippen molar-refractivity contribution in [3.05, 3.63) is 34.7 Å². The van der Waals surface area contributed by atoms with E-state index in [9.17, 15) is 13.9 Å². The summed E-state index contributed by atoms with van der Waals surface area (Å²) < 4.78 is 24.0. The van der Waals surface area contributed by atoms with Crippen LogP contribution in [0.5, 0.6) is 0 Å². The predicted molar refractivity (Wildman–Crippen MR) is 57.9 cm³/mol. The van der Waals surface area contributed by atoms with Crippen LogP contribution in [0.3, 0.4) is 0 Å². The van der Waals surface area contributed by atoms with E-state index in [2.05, 4.69) is 4.74 Å². The van der Waals surface area contributed by atoms with Gasteiger partial charge < -0.3 is 4.74 Å². The van der Waals surface area contributed by atoms with E-state index in [0.717, 1.165) is 0 Å². The van der Waals surface area contributed by atoms with Gasteiger partial charge in [-0.05, 0) is 17.7 Å². The van der Waals surface area contributed by atoms with Crippen molar-refractivity contribution in [2.75, 3.05) is 7.11 Å². The van der Waals surface area contributed by atoms with Crippen LogP contribution in [0.1, 0.15) is 15.9 Å². The molecular formula is C10H10O4S. The number of fused-ring (bicyclic) bond motifs is 1. The van der Waals surface area contributed by atoms with Gasteiger partial charge in [0.25, 0.3) is 0 Å². The SMILES string of the molecule is COC(=O)c1cccc2c1S(O)(O)C=C2. The molecule has 1 heterocycles. The summed E-state index contributed by atoms with van der Waals surface area (Å²) in [6, 6.07) is 4.92. The first-order valence-corrected chi connectivity index (χ1v) is 5.85. The maximum Gasteiger partial charge on any atom is 0.339 e. The number of methoxy groups -OCH3 is 1. The van der Waals surface area contributed by atoms with Crippen molar-refractivity contribution in [2.45, 2.75) is 4.90 Å². The van der Waals surface area contributed by atoms with Gasteiger partial charge in [0.15, 0.2) is 0 Å². The van der Waals surface area contributed by atoms with Crippen LogP contribution in [0.4, 0.5) is 0 Å². The van der Waals surface area contributed by atoms with Gasteiger partial charge in [-0.3, -0.25) is 9.11 Å². The van der Waals surface area contributed by atoms with Crippen LogP contribution in [-0.2, 0) is 4.74 Å². The first-order valence-electron chi connectivity index (χ1n) is 4.24. The van der Waals surface area contributed by atoms with E-state index in [1.807, 2.05) is 0 Å². The molecule has 0 spiro atoms. The standard InChI is InChI=1S/C10H10O4S/c1-14-10(11)8-4-2-3-7-5-6-15(12,13)9(7)8/h2-6,12-13H,1H3. The highest BCUT2D eigenvalue weighted by molar-refractivity contribution is 8.27. The van der Waals surface area contributed by atoms with E-state index >= 15 is 0 Å². The Morgan fingerprint density at radius 2 is 2.13 bits per heavy atom. The van der Waals surface area contributed by atoms with Crippen molar-refractivity contribution in [2.24, 2.45) is 0 Å². The summed E-state index contributed by atoms with van der Waals surface area (Å²) in [5, 5.41) is 1.31. The van der Waals surface area contributed by atoms with E-state index in [-0.39, 0.29) is 10.5 Å². The number of hydrogen-bond donors (Lipinski definition) is 2. The summed E-state index contributed by atoms with van der Waals surface area (Å²) in [7, 11) is -1.71. The number of carbonyl (C=O) groups excluding carboxylic acids is 1. The monoisotopic (exact) mass is 226 g/mol. The van der Waals surface area contributed by atoms with Crippen LogP contribution in [0.15, 0.2) is 28.5 Å². The number of rotatable bonds is 1. The number of benzene rings is 1. The highest BCUT2D eigenvalue weighted by Gasteiger charge is 2.27. The van der Waals surface area contributed by atoms with Gasteiger partial charge in [-0.2, -0.15) is 0 Å². The average Bonchev–Trinajstić information content (AvgIpc) is 2.54. The molecule has 0 amide bonds. The Balaban J connectivity index is 2.62. The van der Waals surface area contributed by atoms with Crippen LogP contribution in [0.25, 0.3) is 6.08 Å². The highest BCUT2D eigenvalue weighted by Crippen LogP contribution is 2.57. The maximum atomic E-state index is 11.4. The smallest absolute Gasteiger partial charge is 0.339 e. The molecule has 80 valence electrons. The van der Waals surface area contributed by atoms with Crippen molar-refractivity contribution in [3.8, 4) is 0 Å². The third-order valence-electron chi connectivity index (χ3n) is 2.19. The molecule has 1 aromatic carbocycles. The number of ether oxygens (including phenoxy) is 1. The van der Waals surface area contributed by atoms with Crippen molar-refractivity contribution in [1.82, 2.24) is 0 Å². The van der Waals surface area contributed by atoms with E-state index in [1.165, 1.54) is 18.6 Å². The van der Waals surface area contributed by atoms with Gasteiger partial charge in [-0.15, -0.1) is 10.6 Å². The molecular weight excluding hydrogens is 216 g/mol. The average molecular weight is 226 g/mol. The van der Waals surface area contributed by atoms with Gasteiger partial charge in [0.1, 0.15) is 0 Å². The Kier molecular flexibility index (Phi) is 2.30. The van der Waals surface area contributed by atoms with Crippen molar-refractivity contribution >= 4 is 22.6 Å². The second kappa shape index (κ2) is 3.37. The van der Waals surface area contributed by atoms with E-state index in [0.29, 0.717) is 5.56 Å². The minimum absolute atomic E-state index is 0.208. The topological polar surface area (TPSA) is 66.8 Å². The third kappa shape index (κ3) is 1.54. The van der Waals surface area contributed by atoms with Crippen LogP contribution in [0, 0.1) is 0 Å². The van der Waals surface area contributed by atoms with E-state index in [1.54, 1.807) is 18.2 Å². The molecule has 0 aliphatic carbocycles. The van der Waals surface area contributed by atoms with Gasteiger partial charge in [0.05, 0.1) is 17.6 Å². The molecule has 0 atom stereocenters. The Bertz CT molecular complexity index is 451. The number of esters is 1. The van der Waals surface area contributed by atoms with Crippen LogP contribution < -0.4 is 0 Å². The van der Waals surface area contributed by atoms with Gasteiger partial charge in [-0.25, -0.2) is 4.79 Å². The minimum atomic E-state index is -2.97. The zero-order valence-corrected chi connectivity index (χ0v) is 8.82. The van der Waals surface area contributed by atoms with Gasteiger partial charge in [0, 0.05) is 5.41 Å². The summed E-state index contributed by atoms with van der Waals surface area (Å²) in [6.45, 7) is 0. The molecule has 0 aromatic heterocycles. The fourth-order valence-electron chi connectivity index (χ4n) is 1.53. The Labute approximate surface area is 88.5 Å². The lowest BCUT2D eigenvalue weighted by atomic mass is 10.1. The molecule has 1 aliphatic heterocycles. The second-order valence-electron chi connectivity index (χ2n) is 3.11. The highest BCUT2D eigenvalue weighted by atomic mass is 32.3. The maximum absolute atomic E-state index is 11.4. The lowest BCUT2D eigenvalue weighted by Crippen LogP contribution is -2.07. The van der Waals surface area contributed by atoms with Crippen molar-refractivity contribution in [1.29, 1.82) is 0 Å². The molecule has 0 saturated carbocycles. The molecule has 1 aromatic rings. The molecule has 0 unspecified atom stereocenters. The normalized spacial score (nSPS) is 18.3. The second-order valence-corrected chi connectivity index (χ2v) is 4.98. The minimum Gasteiger partial charge on any atom is -0.465 e. The summed E-state index contributed by atoms with van der Waals surface area (Å²) in [5.74, 6) is -0.560. The fraction of sp³-hybridized carbons (Fsp3) is 0.100. The first-order chi connectivity index (χ1) is 7.06. The summed E-state index contributed by atoms with van der Waals surface area (Å²) >= 11 is 0. The molecule has 2 N–H and O–H groups in total. The zero-order valence-electron chi connectivity index (χ0n) is 8.01. The van der Waals surface area contributed by atoms with Gasteiger partial charge in [-0.1, -0.05) is 12.1 Å². The molecule has 0 radical (unpaired) electrons. The molecule has 0 saturated heterocycles. The lowest BCUT2D eigenvalue weighted by molar-refractivity contribution is 0.0596. The molecule has 5 heteroatoms. The van der Waals surface area contributed by atoms with Crippen molar-refractivity contribution < 1.29 is 18.6 Å². The quantitative estimate of drug-likeness (QED) is 0.722. The summed E-state index contributed by atoms with van der Waals surface area (Å²) in [5.41, 5.74) is 0.859. The zero-order chi connectivity index (χ0) is 11.1. The third-order valence-corrected chi connectivity index (χ3v) is 3.76. The molecule has 4 nitrogen and oxygen atoms in total. The molecule has 0 fully saturated rings. The van der Waals surface area contributed by atoms with Crippen LogP contribution in [-0.4, -0.2) is 22.2 Å². The predicted octanol–water partition coefficient (Wildman–Crippen LogP) is 2.57. The van der Waals surface area contributed by atoms with Crippen LogP contribution in [0.2, 0.25) is 0 Å². The van der Waals surface area contributed by atoms with E-state index < -0.39 is 16.6 Å².